The summed E-state index contributed by atoms with van der Waals surface area (Å²) in [5.41, 5.74) is 0.427. The van der Waals surface area contributed by atoms with Gasteiger partial charge in [0.05, 0.1) is 18.4 Å². The summed E-state index contributed by atoms with van der Waals surface area (Å²) in [6.45, 7) is 3.84. The smallest absolute Gasteiger partial charge is 0.318 e. The molecule has 0 amide bonds. The summed E-state index contributed by atoms with van der Waals surface area (Å²) in [6, 6.07) is 4.40. The number of nitrogens with zero attached hydrogens (tertiary/aromatic N) is 3. The first-order valence-corrected chi connectivity index (χ1v) is 5.80. The third kappa shape index (κ3) is 3.71. The first-order valence-electron chi connectivity index (χ1n) is 5.80. The van der Waals surface area contributed by atoms with E-state index >= 15 is 0 Å². The number of hydrogen-bond donors (Lipinski definition) is 1. The predicted molar refractivity (Wildman–Crippen MR) is 69.2 cm³/mol. The lowest BCUT2D eigenvalue weighted by Gasteiger charge is -2.07. The molecule has 0 fully saturated rings. The zero-order valence-electron chi connectivity index (χ0n) is 10.5. The molecule has 2 aromatic heterocycles. The van der Waals surface area contributed by atoms with E-state index in [0.717, 1.165) is 6.20 Å². The van der Waals surface area contributed by atoms with Crippen LogP contribution in [0.5, 0.6) is 6.01 Å². The van der Waals surface area contributed by atoms with Gasteiger partial charge < -0.3 is 10.1 Å². The molecule has 0 radical (unpaired) electrons. The summed E-state index contributed by atoms with van der Waals surface area (Å²) in [7, 11) is 0. The van der Waals surface area contributed by atoms with Gasteiger partial charge in [-0.1, -0.05) is 18.7 Å². The van der Waals surface area contributed by atoms with Crippen LogP contribution in [0.15, 0.2) is 37.1 Å². The van der Waals surface area contributed by atoms with Crippen LogP contribution >= 0.6 is 0 Å². The van der Waals surface area contributed by atoms with Gasteiger partial charge in [0, 0.05) is 0 Å². The third-order valence-corrected chi connectivity index (χ3v) is 2.26. The highest BCUT2D eigenvalue weighted by Crippen LogP contribution is 2.14. The van der Waals surface area contributed by atoms with E-state index in [4.69, 9.17) is 4.74 Å². The fourth-order valence-electron chi connectivity index (χ4n) is 1.40. The second-order valence-corrected chi connectivity index (χ2v) is 3.75. The van der Waals surface area contributed by atoms with Crippen LogP contribution in [0.3, 0.4) is 0 Å². The Morgan fingerprint density at radius 1 is 1.30 bits per heavy atom. The predicted octanol–water partition coefficient (Wildman–Crippen LogP) is 2.33. The molecular formula is C13H12F2N4O. The quantitative estimate of drug-likeness (QED) is 0.649. The van der Waals surface area contributed by atoms with Gasteiger partial charge in [0.15, 0.2) is 11.6 Å². The van der Waals surface area contributed by atoms with Crippen molar-refractivity contribution in [3.63, 3.8) is 0 Å². The van der Waals surface area contributed by atoms with Crippen LogP contribution in [0.25, 0.3) is 0 Å². The Kier molecular flexibility index (Phi) is 4.54. The van der Waals surface area contributed by atoms with Crippen molar-refractivity contribution < 1.29 is 13.5 Å². The molecule has 104 valence electrons. The molecule has 2 heterocycles. The average molecular weight is 278 g/mol. The van der Waals surface area contributed by atoms with Crippen molar-refractivity contribution in [3.05, 3.63) is 54.5 Å². The second kappa shape index (κ2) is 6.55. The molecule has 2 rings (SSSR count). The van der Waals surface area contributed by atoms with E-state index in [2.05, 4.69) is 26.8 Å². The molecule has 0 spiro atoms. The lowest BCUT2D eigenvalue weighted by molar-refractivity contribution is 0.331. The molecule has 20 heavy (non-hydrogen) atoms. The highest BCUT2D eigenvalue weighted by Gasteiger charge is 2.08. The second-order valence-electron chi connectivity index (χ2n) is 3.75. The molecule has 0 saturated heterocycles. The lowest BCUT2D eigenvalue weighted by Crippen LogP contribution is -2.08. The minimum atomic E-state index is -0.632. The largest absolute Gasteiger partial charge is 0.459 e. The molecule has 0 aliphatic heterocycles. The van der Waals surface area contributed by atoms with E-state index in [-0.39, 0.29) is 25.0 Å². The van der Waals surface area contributed by atoms with Crippen LogP contribution in [0.4, 0.5) is 14.6 Å². The topological polar surface area (TPSA) is 59.9 Å². The third-order valence-electron chi connectivity index (χ3n) is 2.26. The first kappa shape index (κ1) is 13.9. The number of aromatic nitrogens is 3. The molecule has 0 aliphatic carbocycles. The molecule has 2 aromatic rings. The molecule has 7 heteroatoms. The Labute approximate surface area is 114 Å². The monoisotopic (exact) mass is 278 g/mol. The van der Waals surface area contributed by atoms with Crippen LogP contribution < -0.4 is 10.1 Å². The van der Waals surface area contributed by atoms with Gasteiger partial charge in [-0.3, -0.25) is 0 Å². The maximum atomic E-state index is 13.5. The van der Waals surface area contributed by atoms with Gasteiger partial charge in [-0.2, -0.15) is 9.37 Å². The van der Waals surface area contributed by atoms with Crippen LogP contribution in [0.1, 0.15) is 5.69 Å². The molecule has 0 unspecified atom stereocenters. The van der Waals surface area contributed by atoms with Crippen LogP contribution in [-0.2, 0) is 6.54 Å². The Hall–Kier alpha value is -2.57. The van der Waals surface area contributed by atoms with Crippen molar-refractivity contribution in [3.8, 4) is 6.01 Å². The molecule has 0 atom stereocenters. The van der Waals surface area contributed by atoms with Crippen LogP contribution in [0.2, 0.25) is 0 Å². The molecule has 0 aromatic carbocycles. The van der Waals surface area contributed by atoms with Crippen molar-refractivity contribution in [2.75, 3.05) is 11.9 Å². The Morgan fingerprint density at radius 2 is 2.15 bits per heavy atom. The normalized spacial score (nSPS) is 10.1. The zero-order valence-corrected chi connectivity index (χ0v) is 10.5. The minimum absolute atomic E-state index is 0.0287. The SMILES string of the molecule is C=CCOc1ncc(F)c(NCc2cccc(F)n2)n1. The molecule has 0 saturated carbocycles. The van der Waals surface area contributed by atoms with E-state index in [1.807, 2.05) is 0 Å². The zero-order chi connectivity index (χ0) is 14.4. The fourth-order valence-corrected chi connectivity index (χ4v) is 1.40. The number of halogens is 2. The molecule has 1 N–H and O–H groups in total. The lowest BCUT2D eigenvalue weighted by atomic mass is 10.3. The van der Waals surface area contributed by atoms with Crippen molar-refractivity contribution >= 4 is 5.82 Å². The Morgan fingerprint density at radius 3 is 2.90 bits per heavy atom. The van der Waals surface area contributed by atoms with E-state index in [1.54, 1.807) is 6.07 Å². The summed E-state index contributed by atoms with van der Waals surface area (Å²) in [5.74, 6) is -1.26. The van der Waals surface area contributed by atoms with Gasteiger partial charge in [-0.05, 0) is 12.1 Å². The van der Waals surface area contributed by atoms with Crippen LogP contribution in [-0.4, -0.2) is 21.6 Å². The van der Waals surface area contributed by atoms with E-state index < -0.39 is 11.8 Å². The molecular weight excluding hydrogens is 266 g/mol. The number of hydrogen-bond acceptors (Lipinski definition) is 5. The number of nitrogens with one attached hydrogen (secondary N) is 1. The Balaban J connectivity index is 2.06. The van der Waals surface area contributed by atoms with Gasteiger partial charge >= 0.3 is 6.01 Å². The highest BCUT2D eigenvalue weighted by molar-refractivity contribution is 5.36. The molecule has 0 bridgehead atoms. The van der Waals surface area contributed by atoms with Gasteiger partial charge in [0.1, 0.15) is 6.61 Å². The standard InChI is InChI=1S/C13H12F2N4O/c1-2-6-20-13-17-8-10(14)12(19-13)16-7-9-4-3-5-11(15)18-9/h2-5,8H,1,6-7H2,(H,16,17,19). The highest BCUT2D eigenvalue weighted by atomic mass is 19.1. The van der Waals surface area contributed by atoms with Gasteiger partial charge in [-0.15, -0.1) is 0 Å². The number of anilines is 1. The summed E-state index contributed by atoms with van der Waals surface area (Å²) >= 11 is 0. The van der Waals surface area contributed by atoms with Crippen molar-refractivity contribution in [1.29, 1.82) is 0 Å². The maximum absolute atomic E-state index is 13.5. The van der Waals surface area contributed by atoms with E-state index in [1.165, 1.54) is 18.2 Å². The van der Waals surface area contributed by atoms with Gasteiger partial charge in [0.2, 0.25) is 5.95 Å². The van der Waals surface area contributed by atoms with Crippen molar-refractivity contribution in [1.82, 2.24) is 15.0 Å². The van der Waals surface area contributed by atoms with Crippen LogP contribution in [0, 0.1) is 11.8 Å². The minimum Gasteiger partial charge on any atom is -0.459 e. The van der Waals surface area contributed by atoms with E-state index in [0.29, 0.717) is 5.69 Å². The fraction of sp³-hybridized carbons (Fsp3) is 0.154. The number of pyridine rings is 1. The molecule has 0 aliphatic rings. The van der Waals surface area contributed by atoms with E-state index in [9.17, 15) is 8.78 Å². The van der Waals surface area contributed by atoms with Gasteiger partial charge in [-0.25, -0.2) is 14.4 Å². The summed E-state index contributed by atoms with van der Waals surface area (Å²) in [6.07, 6.45) is 2.52. The maximum Gasteiger partial charge on any atom is 0.318 e. The average Bonchev–Trinajstić information content (AvgIpc) is 2.45. The van der Waals surface area contributed by atoms with Crippen molar-refractivity contribution in [2.45, 2.75) is 6.54 Å². The van der Waals surface area contributed by atoms with Gasteiger partial charge in [0.25, 0.3) is 0 Å². The Bertz CT molecular complexity index is 607. The summed E-state index contributed by atoms with van der Waals surface area (Å²) < 4.78 is 31.5. The number of ether oxygens (including phenoxy) is 1. The summed E-state index contributed by atoms with van der Waals surface area (Å²) in [5, 5.41) is 2.71. The molecule has 5 nitrogen and oxygen atoms in total. The summed E-state index contributed by atoms with van der Waals surface area (Å²) in [4.78, 5) is 11.2. The number of rotatable bonds is 6. The first-order chi connectivity index (χ1) is 9.69. The van der Waals surface area contributed by atoms with Crippen molar-refractivity contribution in [2.24, 2.45) is 0 Å².